The van der Waals surface area contributed by atoms with Crippen molar-refractivity contribution in [3.63, 3.8) is 0 Å². The lowest BCUT2D eigenvalue weighted by molar-refractivity contribution is -0.120. The molecule has 1 amide bonds. The van der Waals surface area contributed by atoms with E-state index in [1.807, 2.05) is 74.5 Å². The molecule has 1 N–H and O–H groups in total. The number of carbonyl (C=O) groups excluding carboxylic acids is 1. The molecule has 3 aromatic carbocycles. The predicted octanol–water partition coefficient (Wildman–Crippen LogP) is 5.27. The van der Waals surface area contributed by atoms with E-state index in [-0.39, 0.29) is 5.91 Å². The van der Waals surface area contributed by atoms with Crippen molar-refractivity contribution in [2.24, 2.45) is 10.5 Å². The average molecular weight is 419 g/mol. The Hall–Kier alpha value is -4.24. The van der Waals surface area contributed by atoms with Gasteiger partial charge in [0.15, 0.2) is 0 Å². The van der Waals surface area contributed by atoms with Crippen LogP contribution in [0.3, 0.4) is 0 Å². The first-order chi connectivity index (χ1) is 15.5. The minimum atomic E-state index is -0.430. The molecule has 4 aromatic rings. The maximum absolute atomic E-state index is 13.2. The Morgan fingerprint density at radius 2 is 1.78 bits per heavy atom. The molecule has 0 bridgehead atoms. The van der Waals surface area contributed by atoms with E-state index in [2.05, 4.69) is 16.0 Å². The summed E-state index contributed by atoms with van der Waals surface area (Å²) in [5.41, 5.74) is 5.94. The van der Waals surface area contributed by atoms with Crippen LogP contribution in [0.25, 0.3) is 22.2 Å². The van der Waals surface area contributed by atoms with Crippen molar-refractivity contribution in [3.05, 3.63) is 84.2 Å². The number of benzene rings is 3. The van der Waals surface area contributed by atoms with E-state index in [0.29, 0.717) is 17.7 Å². The lowest BCUT2D eigenvalue weighted by atomic mass is 9.79. The normalized spacial score (nSPS) is 15.5. The van der Waals surface area contributed by atoms with Crippen LogP contribution in [0.4, 0.5) is 5.69 Å². The van der Waals surface area contributed by atoms with E-state index in [9.17, 15) is 10.1 Å². The summed E-state index contributed by atoms with van der Waals surface area (Å²) >= 11 is 0. The van der Waals surface area contributed by atoms with Gasteiger partial charge in [0.05, 0.1) is 40.4 Å². The molecule has 0 radical (unpaired) electrons. The number of anilines is 1. The number of nitrogens with zero attached hydrogens (tertiary/aromatic N) is 4. The number of imidazole rings is 1. The van der Waals surface area contributed by atoms with Gasteiger partial charge in [-0.1, -0.05) is 56.3 Å². The SMILES string of the molecule is CC1(C)CC(=O)N(c2ccccc2-c2ccccc2C#N)N=C1c1ccc2nc[nH]c2c1. The molecule has 32 heavy (non-hydrogen) atoms. The van der Waals surface area contributed by atoms with Crippen LogP contribution in [0.5, 0.6) is 0 Å². The molecule has 0 spiro atoms. The molecule has 6 heteroatoms. The Morgan fingerprint density at radius 1 is 1.03 bits per heavy atom. The second-order valence-corrected chi connectivity index (χ2v) is 8.52. The van der Waals surface area contributed by atoms with Gasteiger partial charge in [-0.25, -0.2) is 4.98 Å². The van der Waals surface area contributed by atoms with Gasteiger partial charge in [0.2, 0.25) is 5.91 Å². The number of hydrogen-bond acceptors (Lipinski definition) is 4. The van der Waals surface area contributed by atoms with Crippen molar-refractivity contribution in [2.45, 2.75) is 20.3 Å². The Labute approximate surface area is 185 Å². The molecule has 0 saturated carbocycles. The molecule has 1 aromatic heterocycles. The summed E-state index contributed by atoms with van der Waals surface area (Å²) in [7, 11) is 0. The second kappa shape index (κ2) is 7.47. The maximum Gasteiger partial charge on any atom is 0.248 e. The van der Waals surface area contributed by atoms with Crippen molar-refractivity contribution in [1.29, 1.82) is 5.26 Å². The Morgan fingerprint density at radius 3 is 2.59 bits per heavy atom. The third-order valence-corrected chi connectivity index (χ3v) is 5.83. The van der Waals surface area contributed by atoms with E-state index in [1.165, 1.54) is 5.01 Å². The zero-order valence-electron chi connectivity index (χ0n) is 17.8. The number of aromatic amines is 1. The van der Waals surface area contributed by atoms with E-state index in [4.69, 9.17) is 5.10 Å². The highest BCUT2D eigenvalue weighted by Crippen LogP contribution is 2.39. The van der Waals surface area contributed by atoms with Crippen molar-refractivity contribution in [2.75, 3.05) is 5.01 Å². The minimum absolute atomic E-state index is 0.0803. The number of para-hydroxylation sites is 1. The van der Waals surface area contributed by atoms with Crippen molar-refractivity contribution < 1.29 is 4.79 Å². The predicted molar refractivity (Wildman–Crippen MR) is 125 cm³/mol. The third-order valence-electron chi connectivity index (χ3n) is 5.83. The van der Waals surface area contributed by atoms with E-state index in [0.717, 1.165) is 33.4 Å². The molecule has 156 valence electrons. The Balaban J connectivity index is 1.68. The van der Waals surface area contributed by atoms with Crippen LogP contribution >= 0.6 is 0 Å². The van der Waals surface area contributed by atoms with Gasteiger partial charge in [-0.05, 0) is 24.3 Å². The number of nitrogens with one attached hydrogen (secondary N) is 1. The molecule has 0 saturated heterocycles. The summed E-state index contributed by atoms with van der Waals surface area (Å²) < 4.78 is 0. The topological polar surface area (TPSA) is 85.1 Å². The molecule has 6 nitrogen and oxygen atoms in total. The second-order valence-electron chi connectivity index (χ2n) is 8.52. The first kappa shape index (κ1) is 19.7. The van der Waals surface area contributed by atoms with Gasteiger partial charge in [-0.15, -0.1) is 0 Å². The van der Waals surface area contributed by atoms with Crippen molar-refractivity contribution in [3.8, 4) is 17.2 Å². The number of H-pyrrole nitrogens is 1. The lowest BCUT2D eigenvalue weighted by Gasteiger charge is -2.35. The number of amides is 1. The molecule has 0 fully saturated rings. The fourth-order valence-corrected chi connectivity index (χ4v) is 4.25. The van der Waals surface area contributed by atoms with Crippen molar-refractivity contribution in [1.82, 2.24) is 9.97 Å². The molecule has 0 aliphatic carbocycles. The number of carbonyl (C=O) groups is 1. The zero-order chi connectivity index (χ0) is 22.3. The number of aromatic nitrogens is 2. The molecular formula is C26H21N5O. The quantitative estimate of drug-likeness (QED) is 0.491. The highest BCUT2D eigenvalue weighted by atomic mass is 16.2. The molecular weight excluding hydrogens is 398 g/mol. The van der Waals surface area contributed by atoms with Crippen LogP contribution in [-0.2, 0) is 4.79 Å². The zero-order valence-corrected chi connectivity index (χ0v) is 17.8. The number of hydrogen-bond donors (Lipinski definition) is 1. The number of rotatable bonds is 3. The lowest BCUT2D eigenvalue weighted by Crippen LogP contribution is -2.42. The van der Waals surface area contributed by atoms with Gasteiger partial charge in [0.1, 0.15) is 0 Å². The number of fused-ring (bicyclic) bond motifs is 1. The summed E-state index contributed by atoms with van der Waals surface area (Å²) in [6, 6.07) is 23.2. The number of nitriles is 1. The fourth-order valence-electron chi connectivity index (χ4n) is 4.25. The Kier molecular flexibility index (Phi) is 4.60. The first-order valence-corrected chi connectivity index (χ1v) is 10.4. The molecule has 0 unspecified atom stereocenters. The Bertz CT molecular complexity index is 1420. The highest BCUT2D eigenvalue weighted by Gasteiger charge is 2.38. The minimum Gasteiger partial charge on any atom is -0.345 e. The van der Waals surface area contributed by atoms with Gasteiger partial charge in [0.25, 0.3) is 0 Å². The summed E-state index contributed by atoms with van der Waals surface area (Å²) in [4.78, 5) is 20.7. The van der Waals surface area contributed by atoms with Crippen molar-refractivity contribution >= 4 is 28.3 Å². The molecule has 2 heterocycles. The molecule has 5 rings (SSSR count). The highest BCUT2D eigenvalue weighted by molar-refractivity contribution is 6.13. The fraction of sp³-hybridized carbons (Fsp3) is 0.154. The summed E-state index contributed by atoms with van der Waals surface area (Å²) in [6.07, 6.45) is 1.99. The van der Waals surface area contributed by atoms with Crippen LogP contribution in [0, 0.1) is 16.7 Å². The van der Waals surface area contributed by atoms with E-state index in [1.54, 1.807) is 12.4 Å². The molecule has 1 aliphatic heterocycles. The van der Waals surface area contributed by atoms with Gasteiger partial charge in [-0.3, -0.25) is 4.79 Å². The average Bonchev–Trinajstić information content (AvgIpc) is 3.26. The van der Waals surface area contributed by atoms with E-state index >= 15 is 0 Å². The van der Waals surface area contributed by atoms with Crippen LogP contribution in [0.2, 0.25) is 0 Å². The number of hydrazone groups is 1. The van der Waals surface area contributed by atoms with Gasteiger partial charge < -0.3 is 4.98 Å². The van der Waals surface area contributed by atoms with Crippen LogP contribution < -0.4 is 5.01 Å². The summed E-state index contributed by atoms with van der Waals surface area (Å²) in [6.45, 7) is 4.07. The van der Waals surface area contributed by atoms with Crippen LogP contribution in [-0.4, -0.2) is 21.6 Å². The third kappa shape index (κ3) is 3.25. The van der Waals surface area contributed by atoms with Crippen LogP contribution in [0.1, 0.15) is 31.4 Å². The van der Waals surface area contributed by atoms with E-state index < -0.39 is 5.41 Å². The first-order valence-electron chi connectivity index (χ1n) is 10.4. The summed E-state index contributed by atoms with van der Waals surface area (Å²) in [5.74, 6) is -0.0803. The summed E-state index contributed by atoms with van der Waals surface area (Å²) in [5, 5.41) is 16.0. The molecule has 0 atom stereocenters. The molecule has 1 aliphatic rings. The standard InChI is InChI=1S/C26H21N5O/c1-26(2)14-24(32)31(30-25(26)17-11-12-21-22(13-17)29-16-28-21)23-10-6-5-9-20(23)19-8-4-3-7-18(19)15-27/h3-13,16H,14H2,1-2H3,(H,28,29). The van der Waals surface area contributed by atoms with Gasteiger partial charge >= 0.3 is 0 Å². The van der Waals surface area contributed by atoms with Crippen LogP contribution in [0.15, 0.2) is 78.2 Å². The van der Waals surface area contributed by atoms with Gasteiger partial charge in [-0.2, -0.15) is 15.4 Å². The van der Waals surface area contributed by atoms with Gasteiger partial charge in [0, 0.05) is 28.5 Å². The monoisotopic (exact) mass is 419 g/mol. The maximum atomic E-state index is 13.2. The smallest absolute Gasteiger partial charge is 0.248 e. The largest absolute Gasteiger partial charge is 0.345 e.